The summed E-state index contributed by atoms with van der Waals surface area (Å²) in [6.07, 6.45) is 10.3. The van der Waals surface area contributed by atoms with E-state index in [1.807, 2.05) is 0 Å². The maximum atomic E-state index is 13.8. The second-order valence-electron chi connectivity index (χ2n) is 8.87. The Morgan fingerprint density at radius 3 is 2.44 bits per heavy atom. The number of likely N-dealkylation sites (tertiary alicyclic amines) is 2. The number of ether oxygens (including phenoxy) is 1. The minimum atomic E-state index is -0.260. The van der Waals surface area contributed by atoms with Gasteiger partial charge in [-0.1, -0.05) is 25.7 Å². The minimum Gasteiger partial charge on any atom is -0.396 e. The highest BCUT2D eigenvalue weighted by atomic mass is 16.5. The molecule has 0 spiro atoms. The molecule has 0 aromatic carbocycles. The first-order valence-electron chi connectivity index (χ1n) is 10.4. The molecule has 1 aliphatic carbocycles. The van der Waals surface area contributed by atoms with E-state index in [0.29, 0.717) is 18.4 Å². The fraction of sp³-hybridized carbons (Fsp3) is 0.950. The van der Waals surface area contributed by atoms with Gasteiger partial charge in [-0.3, -0.25) is 9.69 Å². The Bertz CT molecular complexity index is 485. The van der Waals surface area contributed by atoms with E-state index in [1.165, 1.54) is 38.5 Å². The number of aliphatic hydroxyl groups excluding tert-OH is 1. The molecule has 3 aliphatic heterocycles. The van der Waals surface area contributed by atoms with Crippen LogP contribution in [0, 0.1) is 11.3 Å². The third-order valence-electron chi connectivity index (χ3n) is 7.52. The topological polar surface area (TPSA) is 53.0 Å². The number of piperidine rings is 1. The second-order valence-corrected chi connectivity index (χ2v) is 8.87. The van der Waals surface area contributed by atoms with Gasteiger partial charge in [-0.2, -0.15) is 0 Å². The molecule has 0 aromatic rings. The van der Waals surface area contributed by atoms with E-state index in [1.54, 1.807) is 0 Å². The van der Waals surface area contributed by atoms with Crippen LogP contribution in [0.3, 0.4) is 0 Å². The van der Waals surface area contributed by atoms with Crippen molar-refractivity contribution >= 4 is 5.91 Å². The molecule has 4 aliphatic rings. The van der Waals surface area contributed by atoms with Crippen LogP contribution >= 0.6 is 0 Å². The summed E-state index contributed by atoms with van der Waals surface area (Å²) in [5, 5.41) is 10.1. The molecule has 0 aromatic heterocycles. The van der Waals surface area contributed by atoms with E-state index in [-0.39, 0.29) is 17.6 Å². The lowest BCUT2D eigenvalue weighted by Gasteiger charge is -2.48. The van der Waals surface area contributed by atoms with Crippen LogP contribution in [-0.4, -0.2) is 72.4 Å². The van der Waals surface area contributed by atoms with Gasteiger partial charge < -0.3 is 14.7 Å². The zero-order valence-electron chi connectivity index (χ0n) is 15.5. The second kappa shape index (κ2) is 7.16. The predicted molar refractivity (Wildman–Crippen MR) is 96.3 cm³/mol. The average Bonchev–Trinajstić information content (AvgIpc) is 3.09. The van der Waals surface area contributed by atoms with Gasteiger partial charge in [-0.05, 0) is 45.2 Å². The molecule has 142 valence electrons. The van der Waals surface area contributed by atoms with Crippen LogP contribution in [0.15, 0.2) is 0 Å². The highest BCUT2D eigenvalue weighted by Crippen LogP contribution is 2.44. The van der Waals surface area contributed by atoms with Crippen molar-refractivity contribution in [3.05, 3.63) is 0 Å². The molecule has 25 heavy (non-hydrogen) atoms. The van der Waals surface area contributed by atoms with Gasteiger partial charge in [0.1, 0.15) is 5.54 Å². The van der Waals surface area contributed by atoms with Crippen molar-refractivity contribution in [2.24, 2.45) is 11.3 Å². The first-order chi connectivity index (χ1) is 12.2. The molecule has 4 fully saturated rings. The summed E-state index contributed by atoms with van der Waals surface area (Å²) in [7, 11) is 0. The van der Waals surface area contributed by atoms with Gasteiger partial charge in [0.05, 0.1) is 13.2 Å². The molecule has 5 nitrogen and oxygen atoms in total. The molecule has 3 heterocycles. The summed E-state index contributed by atoms with van der Waals surface area (Å²) in [6, 6.07) is 0. The third kappa shape index (κ3) is 3.02. The van der Waals surface area contributed by atoms with Crippen LogP contribution in [0.5, 0.6) is 0 Å². The monoisotopic (exact) mass is 350 g/mol. The molecule has 1 amide bonds. The van der Waals surface area contributed by atoms with E-state index in [0.717, 1.165) is 52.0 Å². The smallest absolute Gasteiger partial charge is 0.243 e. The van der Waals surface area contributed by atoms with E-state index in [2.05, 4.69) is 9.80 Å². The van der Waals surface area contributed by atoms with Crippen molar-refractivity contribution < 1.29 is 14.6 Å². The summed E-state index contributed by atoms with van der Waals surface area (Å²) in [6.45, 7) is 5.26. The molecule has 3 saturated heterocycles. The lowest BCUT2D eigenvalue weighted by Crippen LogP contribution is -2.61. The molecule has 2 atom stereocenters. The van der Waals surface area contributed by atoms with Gasteiger partial charge in [0.15, 0.2) is 0 Å². The number of hydrogen-bond acceptors (Lipinski definition) is 4. The molecule has 0 radical (unpaired) electrons. The molecular weight excluding hydrogens is 316 g/mol. The van der Waals surface area contributed by atoms with E-state index < -0.39 is 0 Å². The van der Waals surface area contributed by atoms with Gasteiger partial charge in [0, 0.05) is 31.0 Å². The molecule has 0 bridgehead atoms. The van der Waals surface area contributed by atoms with Crippen LogP contribution in [0.1, 0.15) is 57.8 Å². The number of nitrogens with zero attached hydrogens (tertiary/aromatic N) is 2. The first kappa shape index (κ1) is 17.7. The highest BCUT2D eigenvalue weighted by molar-refractivity contribution is 5.87. The van der Waals surface area contributed by atoms with E-state index in [9.17, 15) is 9.90 Å². The maximum absolute atomic E-state index is 13.8. The number of amides is 1. The Labute approximate surface area is 151 Å². The Morgan fingerprint density at radius 1 is 1.04 bits per heavy atom. The third-order valence-corrected chi connectivity index (χ3v) is 7.52. The van der Waals surface area contributed by atoms with Crippen LogP contribution in [0.4, 0.5) is 0 Å². The summed E-state index contributed by atoms with van der Waals surface area (Å²) >= 11 is 0. The highest BCUT2D eigenvalue weighted by Gasteiger charge is 2.54. The van der Waals surface area contributed by atoms with Crippen molar-refractivity contribution in [3.8, 4) is 0 Å². The lowest BCUT2D eigenvalue weighted by molar-refractivity contribution is -0.148. The number of carbonyl (C=O) groups excluding carboxylic acids is 1. The van der Waals surface area contributed by atoms with Crippen LogP contribution in [-0.2, 0) is 9.53 Å². The molecular formula is C20H34N2O3. The van der Waals surface area contributed by atoms with Crippen molar-refractivity contribution in [1.82, 2.24) is 9.80 Å². The summed E-state index contributed by atoms with van der Waals surface area (Å²) in [5.74, 6) is 0.661. The maximum Gasteiger partial charge on any atom is 0.243 e. The standard InChI is InChI=1S/C20H34N2O3/c23-16-19-9-12-25-14-17(19)13-21(15-19)18(24)20(7-3-1-4-8-20)22-10-5-2-6-11-22/h17,23H,1-16H2/t17-,19-/m1/s1. The Hall–Kier alpha value is -0.650. The van der Waals surface area contributed by atoms with Gasteiger partial charge in [0.25, 0.3) is 0 Å². The number of hydrogen-bond donors (Lipinski definition) is 1. The molecule has 1 N–H and O–H groups in total. The number of carbonyl (C=O) groups is 1. The summed E-state index contributed by atoms with van der Waals surface area (Å²) in [5.41, 5.74) is -0.380. The lowest BCUT2D eigenvalue weighted by atomic mass is 9.75. The fourth-order valence-corrected chi connectivity index (χ4v) is 5.88. The SMILES string of the molecule is O=C(N1C[C@@H]2COCC[C@]2(CO)C1)C1(N2CCCCC2)CCCCC1. The van der Waals surface area contributed by atoms with Crippen molar-refractivity contribution in [3.63, 3.8) is 0 Å². The quantitative estimate of drug-likeness (QED) is 0.846. The van der Waals surface area contributed by atoms with E-state index >= 15 is 0 Å². The van der Waals surface area contributed by atoms with Crippen LogP contribution in [0.2, 0.25) is 0 Å². The van der Waals surface area contributed by atoms with Gasteiger partial charge >= 0.3 is 0 Å². The summed E-state index contributed by atoms with van der Waals surface area (Å²) in [4.78, 5) is 18.4. The van der Waals surface area contributed by atoms with Crippen LogP contribution < -0.4 is 0 Å². The van der Waals surface area contributed by atoms with Gasteiger partial charge in [-0.25, -0.2) is 0 Å². The van der Waals surface area contributed by atoms with Crippen molar-refractivity contribution in [2.45, 2.75) is 63.3 Å². The molecule has 5 heteroatoms. The Kier molecular flexibility index (Phi) is 5.09. The zero-order valence-corrected chi connectivity index (χ0v) is 15.5. The summed E-state index contributed by atoms with van der Waals surface area (Å²) < 4.78 is 5.67. The number of rotatable bonds is 3. The van der Waals surface area contributed by atoms with Gasteiger partial charge in [0.2, 0.25) is 5.91 Å². The van der Waals surface area contributed by atoms with Gasteiger partial charge in [-0.15, -0.1) is 0 Å². The number of fused-ring (bicyclic) bond motifs is 1. The molecule has 1 saturated carbocycles. The molecule has 4 rings (SSSR count). The minimum absolute atomic E-state index is 0.119. The number of aliphatic hydroxyl groups is 1. The Morgan fingerprint density at radius 2 is 1.76 bits per heavy atom. The van der Waals surface area contributed by atoms with E-state index in [4.69, 9.17) is 4.74 Å². The van der Waals surface area contributed by atoms with Crippen molar-refractivity contribution in [2.75, 3.05) is 46.0 Å². The fourth-order valence-electron chi connectivity index (χ4n) is 5.88. The largest absolute Gasteiger partial charge is 0.396 e. The predicted octanol–water partition coefficient (Wildman–Crippen LogP) is 2.03. The Balaban J connectivity index is 1.56. The van der Waals surface area contributed by atoms with Crippen LogP contribution in [0.25, 0.3) is 0 Å². The van der Waals surface area contributed by atoms with Crippen molar-refractivity contribution in [1.29, 1.82) is 0 Å². The molecule has 0 unspecified atom stereocenters. The normalized spacial score (nSPS) is 36.2. The zero-order chi connectivity index (χ0) is 17.3. The average molecular weight is 351 g/mol. The first-order valence-corrected chi connectivity index (χ1v) is 10.4.